The highest BCUT2D eigenvalue weighted by Gasteiger charge is 2.31. The zero-order chi connectivity index (χ0) is 23.3. The lowest BCUT2D eigenvalue weighted by atomic mass is 9.82. The van der Waals surface area contributed by atoms with E-state index in [4.69, 9.17) is 23.2 Å². The molecule has 0 aliphatic rings. The van der Waals surface area contributed by atoms with E-state index in [2.05, 4.69) is 0 Å². The molecule has 0 unspecified atom stereocenters. The van der Waals surface area contributed by atoms with Gasteiger partial charge in [-0.15, -0.1) is 0 Å². The number of hydrogen-bond acceptors (Lipinski definition) is 2. The largest absolute Gasteiger partial charge is 0.477 e. The molecule has 0 saturated carbocycles. The number of fused-ring (bicyclic) bond motifs is 1. The van der Waals surface area contributed by atoms with Crippen LogP contribution in [-0.2, 0) is 12.0 Å². The van der Waals surface area contributed by atoms with Gasteiger partial charge in [-0.25, -0.2) is 4.79 Å². The molecule has 6 heteroatoms. The summed E-state index contributed by atoms with van der Waals surface area (Å²) in [6, 6.07) is 10.8. The number of carbonyl (C=O) groups is 1. The van der Waals surface area contributed by atoms with Gasteiger partial charge in [0, 0.05) is 12.1 Å². The zero-order valence-electron chi connectivity index (χ0n) is 18.6. The van der Waals surface area contributed by atoms with E-state index in [-0.39, 0.29) is 23.2 Å². The van der Waals surface area contributed by atoms with Gasteiger partial charge >= 0.3 is 5.97 Å². The highest BCUT2D eigenvalue weighted by atomic mass is 35.5. The molecule has 0 aliphatic heterocycles. The zero-order valence-corrected chi connectivity index (χ0v) is 20.1. The number of aromatic carboxylic acids is 1. The SMILES string of the molecule is CC(C)(C)Cn1c(C(=O)O)c(-c2ccccc2)c2cc(Cl)c(Cl)c(C(C)(C)C)c2c1=O. The molecule has 0 atom stereocenters. The van der Waals surface area contributed by atoms with Crippen LogP contribution in [0.15, 0.2) is 41.2 Å². The molecule has 0 fully saturated rings. The van der Waals surface area contributed by atoms with Crippen LogP contribution in [0.2, 0.25) is 10.0 Å². The fraction of sp³-hybridized carbons (Fsp3) is 0.360. The molecule has 3 rings (SSSR count). The standard InChI is InChI=1S/C25H27Cl2NO3/c1-24(2,3)13-28-21(23(30)31)17(14-10-8-7-9-11-14)15-12-16(26)20(27)19(25(4,5)6)18(15)22(28)29/h7-12H,13H2,1-6H3,(H,30,31). The van der Waals surface area contributed by atoms with Crippen molar-refractivity contribution in [2.24, 2.45) is 5.41 Å². The van der Waals surface area contributed by atoms with Crippen LogP contribution in [0.4, 0.5) is 0 Å². The van der Waals surface area contributed by atoms with Gasteiger partial charge in [0.25, 0.3) is 5.56 Å². The molecule has 0 saturated heterocycles. The predicted octanol–water partition coefficient (Wildman–Crippen LogP) is 7.02. The summed E-state index contributed by atoms with van der Waals surface area (Å²) < 4.78 is 1.38. The van der Waals surface area contributed by atoms with Crippen LogP contribution < -0.4 is 5.56 Å². The fourth-order valence-electron chi connectivity index (χ4n) is 3.99. The van der Waals surface area contributed by atoms with Gasteiger partial charge in [-0.1, -0.05) is 95.1 Å². The van der Waals surface area contributed by atoms with Crippen LogP contribution in [0.25, 0.3) is 21.9 Å². The molecular weight excluding hydrogens is 433 g/mol. The van der Waals surface area contributed by atoms with Crippen LogP contribution in [0, 0.1) is 5.41 Å². The molecule has 0 spiro atoms. The second kappa shape index (κ2) is 7.99. The molecule has 3 aromatic rings. The third kappa shape index (κ3) is 4.37. The second-order valence-corrected chi connectivity index (χ2v) is 10.9. The lowest BCUT2D eigenvalue weighted by Gasteiger charge is -2.28. The van der Waals surface area contributed by atoms with Crippen LogP contribution >= 0.6 is 23.2 Å². The van der Waals surface area contributed by atoms with E-state index < -0.39 is 11.4 Å². The molecular formula is C25H27Cl2NO3. The van der Waals surface area contributed by atoms with Crippen molar-refractivity contribution in [3.63, 3.8) is 0 Å². The number of halogens is 2. The molecule has 0 radical (unpaired) electrons. The predicted molar refractivity (Wildman–Crippen MR) is 129 cm³/mol. The van der Waals surface area contributed by atoms with Gasteiger partial charge in [0.15, 0.2) is 0 Å². The molecule has 1 aromatic heterocycles. The number of aromatic nitrogens is 1. The molecule has 0 aliphatic carbocycles. The van der Waals surface area contributed by atoms with Crippen molar-refractivity contribution < 1.29 is 9.90 Å². The highest BCUT2D eigenvalue weighted by molar-refractivity contribution is 6.43. The first kappa shape index (κ1) is 23.4. The normalized spacial score (nSPS) is 12.4. The van der Waals surface area contributed by atoms with Gasteiger partial charge in [0.05, 0.1) is 15.4 Å². The Morgan fingerprint density at radius 3 is 2.10 bits per heavy atom. The third-order valence-corrected chi connectivity index (χ3v) is 5.89. The number of nitrogens with zero attached hydrogens (tertiary/aromatic N) is 1. The second-order valence-electron chi connectivity index (χ2n) is 10.1. The summed E-state index contributed by atoms with van der Waals surface area (Å²) in [5.41, 5.74) is 0.563. The first-order chi connectivity index (χ1) is 14.2. The summed E-state index contributed by atoms with van der Waals surface area (Å²) in [6.07, 6.45) is 0. The van der Waals surface area contributed by atoms with E-state index in [0.29, 0.717) is 37.5 Å². The summed E-state index contributed by atoms with van der Waals surface area (Å²) in [7, 11) is 0. The van der Waals surface area contributed by atoms with Crippen LogP contribution in [0.3, 0.4) is 0 Å². The minimum Gasteiger partial charge on any atom is -0.477 e. The van der Waals surface area contributed by atoms with E-state index in [1.807, 2.05) is 71.9 Å². The average Bonchev–Trinajstić information content (AvgIpc) is 2.63. The third-order valence-electron chi connectivity index (χ3n) is 5.10. The van der Waals surface area contributed by atoms with Gasteiger partial charge in [-0.05, 0) is 33.4 Å². The molecule has 31 heavy (non-hydrogen) atoms. The molecule has 2 aromatic carbocycles. The first-order valence-electron chi connectivity index (χ1n) is 10.1. The minimum absolute atomic E-state index is 0.0446. The Hall–Kier alpha value is -2.30. The van der Waals surface area contributed by atoms with Gasteiger partial charge in [0.1, 0.15) is 5.69 Å². The summed E-state index contributed by atoms with van der Waals surface area (Å²) in [5.74, 6) is -1.16. The minimum atomic E-state index is -1.16. The first-order valence-corrected chi connectivity index (χ1v) is 10.9. The van der Waals surface area contributed by atoms with Crippen molar-refractivity contribution in [3.05, 3.63) is 68.1 Å². The van der Waals surface area contributed by atoms with E-state index >= 15 is 0 Å². The van der Waals surface area contributed by atoms with Crippen LogP contribution in [0.1, 0.15) is 57.6 Å². The lowest BCUT2D eigenvalue weighted by Crippen LogP contribution is -2.33. The maximum Gasteiger partial charge on any atom is 0.353 e. The Labute approximate surface area is 192 Å². The van der Waals surface area contributed by atoms with Crippen molar-refractivity contribution in [1.29, 1.82) is 0 Å². The van der Waals surface area contributed by atoms with E-state index in [0.717, 1.165) is 0 Å². The van der Waals surface area contributed by atoms with Crippen molar-refractivity contribution in [2.75, 3.05) is 0 Å². The van der Waals surface area contributed by atoms with E-state index in [1.165, 1.54) is 4.57 Å². The van der Waals surface area contributed by atoms with Crippen molar-refractivity contribution >= 4 is 39.9 Å². The van der Waals surface area contributed by atoms with Gasteiger partial charge in [-0.2, -0.15) is 0 Å². The van der Waals surface area contributed by atoms with Crippen LogP contribution in [-0.4, -0.2) is 15.6 Å². The van der Waals surface area contributed by atoms with Crippen LogP contribution in [0.5, 0.6) is 0 Å². The Balaban J connectivity index is 2.72. The Bertz CT molecular complexity index is 1230. The number of carboxylic acids is 1. The highest BCUT2D eigenvalue weighted by Crippen LogP contribution is 2.43. The number of hydrogen-bond donors (Lipinski definition) is 1. The molecule has 164 valence electrons. The number of carboxylic acid groups (broad SMARTS) is 1. The van der Waals surface area contributed by atoms with Crippen molar-refractivity contribution in [1.82, 2.24) is 4.57 Å². The quantitative estimate of drug-likeness (QED) is 0.457. The Morgan fingerprint density at radius 2 is 1.61 bits per heavy atom. The van der Waals surface area contributed by atoms with Gasteiger partial charge < -0.3 is 9.67 Å². The summed E-state index contributed by atoms with van der Waals surface area (Å²) in [4.78, 5) is 26.4. The fourth-order valence-corrected chi connectivity index (χ4v) is 4.63. The number of pyridine rings is 1. The maximum atomic E-state index is 13.8. The number of benzene rings is 2. The molecule has 1 N–H and O–H groups in total. The molecule has 4 nitrogen and oxygen atoms in total. The van der Waals surface area contributed by atoms with Crippen molar-refractivity contribution in [2.45, 2.75) is 53.5 Å². The van der Waals surface area contributed by atoms with Gasteiger partial charge in [-0.3, -0.25) is 4.79 Å². The molecule has 1 heterocycles. The van der Waals surface area contributed by atoms with E-state index in [1.54, 1.807) is 6.07 Å². The average molecular weight is 460 g/mol. The lowest BCUT2D eigenvalue weighted by molar-refractivity contribution is 0.0682. The monoisotopic (exact) mass is 459 g/mol. The number of rotatable bonds is 3. The van der Waals surface area contributed by atoms with Gasteiger partial charge in [0.2, 0.25) is 0 Å². The summed E-state index contributed by atoms with van der Waals surface area (Å²) in [6.45, 7) is 12.0. The summed E-state index contributed by atoms with van der Waals surface area (Å²) >= 11 is 13.1. The summed E-state index contributed by atoms with van der Waals surface area (Å²) in [5, 5.41) is 11.7. The topological polar surface area (TPSA) is 59.3 Å². The van der Waals surface area contributed by atoms with E-state index in [9.17, 15) is 14.7 Å². The molecule has 0 bridgehead atoms. The Kier molecular flexibility index (Phi) is 6.03. The smallest absolute Gasteiger partial charge is 0.353 e. The maximum absolute atomic E-state index is 13.8. The Morgan fingerprint density at radius 1 is 1.03 bits per heavy atom. The molecule has 0 amide bonds. The van der Waals surface area contributed by atoms with Crippen molar-refractivity contribution in [3.8, 4) is 11.1 Å².